The maximum absolute atomic E-state index is 12.0. The molecule has 27 heavy (non-hydrogen) atoms. The van der Waals surface area contributed by atoms with Gasteiger partial charge in [-0.15, -0.1) is 0 Å². The summed E-state index contributed by atoms with van der Waals surface area (Å²) < 4.78 is 9.49. The fourth-order valence-corrected chi connectivity index (χ4v) is 2.91. The molecule has 1 rings (SSSR count). The van der Waals surface area contributed by atoms with Crippen molar-refractivity contribution in [1.29, 1.82) is 0 Å². The van der Waals surface area contributed by atoms with E-state index in [-0.39, 0.29) is 17.6 Å². The van der Waals surface area contributed by atoms with Gasteiger partial charge in [-0.05, 0) is 58.1 Å². The minimum absolute atomic E-state index is 0.0582. The van der Waals surface area contributed by atoms with Crippen LogP contribution in [0, 0.1) is 0 Å². The highest BCUT2D eigenvalue weighted by molar-refractivity contribution is 6.03. The highest BCUT2D eigenvalue weighted by Crippen LogP contribution is 2.30. The Morgan fingerprint density at radius 1 is 1.11 bits per heavy atom. The molecule has 1 atom stereocenters. The lowest BCUT2D eigenvalue weighted by atomic mass is 9.87. The Hall–Kier alpha value is -2.18. The molecule has 0 aromatic carbocycles. The van der Waals surface area contributed by atoms with E-state index < -0.39 is 18.0 Å². The molecule has 0 aromatic rings. The van der Waals surface area contributed by atoms with Crippen LogP contribution >= 0.6 is 0 Å². The first-order valence-corrected chi connectivity index (χ1v) is 9.03. The van der Waals surface area contributed by atoms with Crippen molar-refractivity contribution in [1.82, 2.24) is 0 Å². The standard InChI is InChI=1S/C21H30O6/c1-14(2)8-6-9-15(3)10-7-11-16-12-17(20(22)25-4)18(21(23)26-5)13-19(16)27-24/h8,10,12,19,24H,6-7,9,11,13H2,1-5H3. The second kappa shape index (κ2) is 11.5. The number of rotatable bonds is 9. The van der Waals surface area contributed by atoms with Crippen molar-refractivity contribution >= 4 is 11.9 Å². The molecule has 0 radical (unpaired) electrons. The Balaban J connectivity index is 2.91. The summed E-state index contributed by atoms with van der Waals surface area (Å²) >= 11 is 0. The Bertz CT molecular complexity index is 662. The molecule has 0 heterocycles. The number of hydrogen-bond acceptors (Lipinski definition) is 6. The van der Waals surface area contributed by atoms with Crippen LogP contribution in [0.4, 0.5) is 0 Å². The van der Waals surface area contributed by atoms with Crippen LogP contribution in [0.15, 0.2) is 46.1 Å². The number of hydrogen-bond donors (Lipinski definition) is 1. The molecule has 150 valence electrons. The van der Waals surface area contributed by atoms with E-state index in [0.717, 1.165) is 24.8 Å². The summed E-state index contributed by atoms with van der Waals surface area (Å²) in [5, 5.41) is 9.24. The Kier molecular flexibility index (Phi) is 9.75. The van der Waals surface area contributed by atoms with Crippen molar-refractivity contribution < 1.29 is 29.2 Å². The third-order valence-corrected chi connectivity index (χ3v) is 4.44. The van der Waals surface area contributed by atoms with Gasteiger partial charge in [0.15, 0.2) is 0 Å². The summed E-state index contributed by atoms with van der Waals surface area (Å²) in [5.41, 5.74) is 3.61. The van der Waals surface area contributed by atoms with Gasteiger partial charge in [-0.1, -0.05) is 23.3 Å². The maximum atomic E-state index is 12.0. The van der Waals surface area contributed by atoms with E-state index in [2.05, 4.69) is 37.8 Å². The molecule has 0 spiro atoms. The molecule has 1 aliphatic rings. The zero-order chi connectivity index (χ0) is 20.4. The number of methoxy groups -OCH3 is 2. The summed E-state index contributed by atoms with van der Waals surface area (Å²) in [4.78, 5) is 28.5. The topological polar surface area (TPSA) is 82.1 Å². The lowest BCUT2D eigenvalue weighted by Gasteiger charge is -2.24. The molecule has 0 aromatic heterocycles. The van der Waals surface area contributed by atoms with Gasteiger partial charge in [0.05, 0.1) is 25.4 Å². The van der Waals surface area contributed by atoms with Crippen molar-refractivity contribution in [3.8, 4) is 0 Å². The maximum Gasteiger partial charge on any atom is 0.338 e. The van der Waals surface area contributed by atoms with Crippen LogP contribution in [0.1, 0.15) is 52.9 Å². The number of carbonyl (C=O) groups excluding carboxylic acids is 2. The van der Waals surface area contributed by atoms with Crippen LogP contribution in [-0.4, -0.2) is 37.5 Å². The Morgan fingerprint density at radius 3 is 2.33 bits per heavy atom. The van der Waals surface area contributed by atoms with E-state index in [0.29, 0.717) is 6.42 Å². The number of allylic oxidation sites excluding steroid dienone is 4. The average molecular weight is 378 g/mol. The predicted molar refractivity (Wildman–Crippen MR) is 103 cm³/mol. The SMILES string of the molecule is COC(=O)C1=C(C(=O)OC)CC(OO)C(CCC=C(C)CCC=C(C)C)=C1. The second-order valence-corrected chi connectivity index (χ2v) is 6.80. The molecule has 1 N–H and O–H groups in total. The molecular weight excluding hydrogens is 348 g/mol. The van der Waals surface area contributed by atoms with Crippen LogP contribution in [0.5, 0.6) is 0 Å². The molecule has 0 aliphatic heterocycles. The molecule has 0 saturated heterocycles. The van der Waals surface area contributed by atoms with Crippen molar-refractivity contribution in [3.63, 3.8) is 0 Å². The van der Waals surface area contributed by atoms with Gasteiger partial charge in [-0.3, -0.25) is 5.26 Å². The first-order chi connectivity index (χ1) is 12.8. The molecule has 6 heteroatoms. The van der Waals surface area contributed by atoms with E-state index in [1.807, 2.05) is 0 Å². The van der Waals surface area contributed by atoms with Crippen LogP contribution < -0.4 is 0 Å². The molecule has 0 fully saturated rings. The lowest BCUT2D eigenvalue weighted by Crippen LogP contribution is -2.26. The zero-order valence-electron chi connectivity index (χ0n) is 16.8. The fraction of sp³-hybridized carbons (Fsp3) is 0.524. The largest absolute Gasteiger partial charge is 0.466 e. The molecule has 0 bridgehead atoms. The van der Waals surface area contributed by atoms with E-state index in [1.165, 1.54) is 25.4 Å². The lowest BCUT2D eigenvalue weighted by molar-refractivity contribution is -0.268. The van der Waals surface area contributed by atoms with E-state index in [9.17, 15) is 14.8 Å². The summed E-state index contributed by atoms with van der Waals surface area (Å²) in [6.07, 6.45) is 8.62. The van der Waals surface area contributed by atoms with Gasteiger partial charge in [-0.25, -0.2) is 14.5 Å². The van der Waals surface area contributed by atoms with Crippen molar-refractivity contribution in [2.24, 2.45) is 0 Å². The third-order valence-electron chi connectivity index (χ3n) is 4.44. The fourth-order valence-electron chi connectivity index (χ4n) is 2.91. The number of esters is 2. The monoisotopic (exact) mass is 378 g/mol. The first-order valence-electron chi connectivity index (χ1n) is 9.03. The minimum Gasteiger partial charge on any atom is -0.466 e. The van der Waals surface area contributed by atoms with Gasteiger partial charge in [0.2, 0.25) is 0 Å². The van der Waals surface area contributed by atoms with Crippen LogP contribution in [0.2, 0.25) is 0 Å². The van der Waals surface area contributed by atoms with Crippen molar-refractivity contribution in [3.05, 3.63) is 46.1 Å². The van der Waals surface area contributed by atoms with Crippen LogP contribution in [0.25, 0.3) is 0 Å². The highest BCUT2D eigenvalue weighted by atomic mass is 17.1. The second-order valence-electron chi connectivity index (χ2n) is 6.80. The normalized spacial score (nSPS) is 17.3. The Morgan fingerprint density at radius 2 is 1.78 bits per heavy atom. The predicted octanol–water partition coefficient (Wildman–Crippen LogP) is 4.29. The van der Waals surface area contributed by atoms with Gasteiger partial charge < -0.3 is 9.47 Å². The van der Waals surface area contributed by atoms with Crippen molar-refractivity contribution in [2.45, 2.75) is 59.0 Å². The third kappa shape index (κ3) is 7.15. The van der Waals surface area contributed by atoms with E-state index in [4.69, 9.17) is 9.47 Å². The summed E-state index contributed by atoms with van der Waals surface area (Å²) in [6, 6.07) is 0. The Labute approximate surface area is 161 Å². The minimum atomic E-state index is -0.688. The average Bonchev–Trinajstić information content (AvgIpc) is 2.65. The number of carbonyl (C=O) groups is 2. The van der Waals surface area contributed by atoms with E-state index >= 15 is 0 Å². The van der Waals surface area contributed by atoms with Gasteiger partial charge in [0.1, 0.15) is 6.10 Å². The van der Waals surface area contributed by atoms with Gasteiger partial charge >= 0.3 is 11.9 Å². The molecule has 0 amide bonds. The quantitative estimate of drug-likeness (QED) is 0.279. The molecule has 0 saturated carbocycles. The molecule has 1 aliphatic carbocycles. The smallest absolute Gasteiger partial charge is 0.338 e. The molecular formula is C21H30O6. The van der Waals surface area contributed by atoms with Crippen molar-refractivity contribution in [2.75, 3.05) is 14.2 Å². The first kappa shape index (κ1) is 22.9. The number of ether oxygens (including phenoxy) is 2. The highest BCUT2D eigenvalue weighted by Gasteiger charge is 2.31. The zero-order valence-corrected chi connectivity index (χ0v) is 16.8. The van der Waals surface area contributed by atoms with E-state index in [1.54, 1.807) is 6.08 Å². The van der Waals surface area contributed by atoms with Crippen LogP contribution in [-0.2, 0) is 24.0 Å². The summed E-state index contributed by atoms with van der Waals surface area (Å²) in [7, 11) is 2.49. The van der Waals surface area contributed by atoms with Crippen LogP contribution in [0.3, 0.4) is 0 Å². The summed E-state index contributed by atoms with van der Waals surface area (Å²) in [6.45, 7) is 6.25. The van der Waals surface area contributed by atoms with Gasteiger partial charge in [0, 0.05) is 6.42 Å². The molecule has 6 nitrogen and oxygen atoms in total. The summed E-state index contributed by atoms with van der Waals surface area (Å²) in [5.74, 6) is -1.25. The van der Waals surface area contributed by atoms with Gasteiger partial charge in [-0.2, -0.15) is 0 Å². The molecule has 1 unspecified atom stereocenters. The van der Waals surface area contributed by atoms with Gasteiger partial charge in [0.25, 0.3) is 0 Å².